The predicted octanol–water partition coefficient (Wildman–Crippen LogP) is 4.11. The van der Waals surface area contributed by atoms with Crippen LogP contribution < -0.4 is 5.32 Å². The van der Waals surface area contributed by atoms with E-state index in [9.17, 15) is 22.8 Å². The van der Waals surface area contributed by atoms with Gasteiger partial charge in [-0.3, -0.25) is 14.5 Å². The van der Waals surface area contributed by atoms with E-state index >= 15 is 0 Å². The van der Waals surface area contributed by atoms with E-state index in [1.807, 2.05) is 4.90 Å². The standard InChI is InChI=1S/C18H22ClF3N2O3/c1-27-17(26)8-9-24(13-4-2-3-5-13)11-16(25)23-15-7-6-12(19)10-14(15)18(20,21)22/h6-7,10,13H,2-5,8-9,11H2,1H3,(H,23,25). The van der Waals surface area contributed by atoms with Crippen LogP contribution in [0, 0.1) is 0 Å². The molecule has 0 bridgehead atoms. The Morgan fingerprint density at radius 3 is 2.56 bits per heavy atom. The van der Waals surface area contributed by atoms with Crippen molar-refractivity contribution in [2.45, 2.75) is 44.3 Å². The van der Waals surface area contributed by atoms with Crippen LogP contribution in [0.15, 0.2) is 18.2 Å². The van der Waals surface area contributed by atoms with Crippen LogP contribution in [0.5, 0.6) is 0 Å². The molecule has 9 heteroatoms. The average Bonchev–Trinajstić information content (AvgIpc) is 3.13. The number of halogens is 4. The number of amides is 1. The molecule has 0 radical (unpaired) electrons. The minimum Gasteiger partial charge on any atom is -0.469 e. The van der Waals surface area contributed by atoms with Crippen molar-refractivity contribution in [3.05, 3.63) is 28.8 Å². The Kier molecular flexibility index (Phi) is 7.49. The average molecular weight is 407 g/mol. The monoisotopic (exact) mass is 406 g/mol. The zero-order valence-electron chi connectivity index (χ0n) is 14.9. The molecule has 0 aliphatic heterocycles. The zero-order valence-corrected chi connectivity index (χ0v) is 15.7. The third-order valence-electron chi connectivity index (χ3n) is 4.58. The number of nitrogens with one attached hydrogen (secondary N) is 1. The molecule has 1 fully saturated rings. The number of alkyl halides is 3. The Balaban J connectivity index is 2.08. The van der Waals surface area contributed by atoms with E-state index in [1.165, 1.54) is 13.2 Å². The van der Waals surface area contributed by atoms with Crippen molar-refractivity contribution in [1.82, 2.24) is 4.90 Å². The number of benzene rings is 1. The van der Waals surface area contributed by atoms with Crippen LogP contribution in [0.2, 0.25) is 5.02 Å². The van der Waals surface area contributed by atoms with Gasteiger partial charge < -0.3 is 10.1 Å². The molecule has 1 saturated carbocycles. The second-order valence-electron chi connectivity index (χ2n) is 6.47. The summed E-state index contributed by atoms with van der Waals surface area (Å²) in [5, 5.41) is 2.26. The number of nitrogens with zero attached hydrogens (tertiary/aromatic N) is 1. The number of carbonyl (C=O) groups is 2. The molecular weight excluding hydrogens is 385 g/mol. The highest BCUT2D eigenvalue weighted by atomic mass is 35.5. The first-order chi connectivity index (χ1) is 12.7. The first-order valence-corrected chi connectivity index (χ1v) is 9.06. The molecule has 1 N–H and O–H groups in total. The second-order valence-corrected chi connectivity index (χ2v) is 6.91. The molecule has 1 aliphatic rings. The van der Waals surface area contributed by atoms with Crippen LogP contribution in [0.1, 0.15) is 37.7 Å². The maximum Gasteiger partial charge on any atom is 0.418 e. The molecule has 0 heterocycles. The normalized spacial score (nSPS) is 15.2. The number of esters is 1. The fourth-order valence-electron chi connectivity index (χ4n) is 3.23. The molecule has 0 spiro atoms. The molecule has 1 aromatic rings. The van der Waals surface area contributed by atoms with Crippen molar-refractivity contribution in [2.75, 3.05) is 25.5 Å². The SMILES string of the molecule is COC(=O)CCN(CC(=O)Nc1ccc(Cl)cc1C(F)(F)F)C1CCCC1. The number of rotatable bonds is 7. The fraction of sp³-hybridized carbons (Fsp3) is 0.556. The second kappa shape index (κ2) is 9.41. The van der Waals surface area contributed by atoms with E-state index in [0.717, 1.165) is 37.8 Å². The minimum atomic E-state index is -4.64. The molecule has 0 unspecified atom stereocenters. The van der Waals surface area contributed by atoms with Crippen molar-refractivity contribution in [3.8, 4) is 0 Å². The van der Waals surface area contributed by atoms with Gasteiger partial charge in [-0.05, 0) is 31.0 Å². The van der Waals surface area contributed by atoms with Crippen molar-refractivity contribution >= 4 is 29.2 Å². The van der Waals surface area contributed by atoms with Crippen molar-refractivity contribution in [3.63, 3.8) is 0 Å². The molecule has 1 amide bonds. The molecule has 27 heavy (non-hydrogen) atoms. The third kappa shape index (κ3) is 6.39. The maximum absolute atomic E-state index is 13.2. The van der Waals surface area contributed by atoms with E-state index in [2.05, 4.69) is 10.1 Å². The molecular formula is C18H22ClF3N2O3. The summed E-state index contributed by atoms with van der Waals surface area (Å²) < 4.78 is 44.1. The van der Waals surface area contributed by atoms with Gasteiger partial charge in [-0.25, -0.2) is 0 Å². The summed E-state index contributed by atoms with van der Waals surface area (Å²) in [6.45, 7) is 0.221. The lowest BCUT2D eigenvalue weighted by atomic mass is 10.1. The van der Waals surface area contributed by atoms with Gasteiger partial charge in [0.15, 0.2) is 0 Å². The van der Waals surface area contributed by atoms with Crippen LogP contribution in [0.4, 0.5) is 18.9 Å². The molecule has 1 aliphatic carbocycles. The summed E-state index contributed by atoms with van der Waals surface area (Å²) in [5.74, 6) is -0.963. The van der Waals surface area contributed by atoms with E-state index < -0.39 is 23.6 Å². The Morgan fingerprint density at radius 2 is 1.96 bits per heavy atom. The van der Waals surface area contributed by atoms with Gasteiger partial charge in [0.05, 0.1) is 31.3 Å². The highest BCUT2D eigenvalue weighted by Crippen LogP contribution is 2.36. The van der Waals surface area contributed by atoms with Gasteiger partial charge in [0.25, 0.3) is 0 Å². The van der Waals surface area contributed by atoms with Crippen LogP contribution in [0.25, 0.3) is 0 Å². The van der Waals surface area contributed by atoms with E-state index in [0.29, 0.717) is 6.54 Å². The van der Waals surface area contributed by atoms with Crippen LogP contribution in [-0.2, 0) is 20.5 Å². The number of hydrogen-bond donors (Lipinski definition) is 1. The molecule has 0 aromatic heterocycles. The number of anilines is 1. The summed E-state index contributed by atoms with van der Waals surface area (Å²) in [6.07, 6.45) is -0.683. The van der Waals surface area contributed by atoms with Crippen LogP contribution in [0.3, 0.4) is 0 Å². The summed E-state index contributed by atoms with van der Waals surface area (Å²) >= 11 is 5.65. The molecule has 1 aromatic carbocycles. The Labute approximate surface area is 160 Å². The van der Waals surface area contributed by atoms with Crippen molar-refractivity contribution in [2.24, 2.45) is 0 Å². The van der Waals surface area contributed by atoms with Crippen molar-refractivity contribution in [1.29, 1.82) is 0 Å². The van der Waals surface area contributed by atoms with Gasteiger partial charge in [-0.1, -0.05) is 24.4 Å². The smallest absolute Gasteiger partial charge is 0.418 e. The lowest BCUT2D eigenvalue weighted by Crippen LogP contribution is -2.41. The van der Waals surface area contributed by atoms with Crippen LogP contribution >= 0.6 is 11.6 Å². The van der Waals surface area contributed by atoms with Gasteiger partial charge in [0.1, 0.15) is 0 Å². The highest BCUT2D eigenvalue weighted by molar-refractivity contribution is 6.30. The molecule has 0 saturated heterocycles. The van der Waals surface area contributed by atoms with Gasteiger partial charge in [0, 0.05) is 17.6 Å². The first-order valence-electron chi connectivity index (χ1n) is 8.68. The fourth-order valence-corrected chi connectivity index (χ4v) is 3.40. The largest absolute Gasteiger partial charge is 0.469 e. The molecule has 150 valence electrons. The summed E-state index contributed by atoms with van der Waals surface area (Å²) in [5.41, 5.74) is -1.33. The highest BCUT2D eigenvalue weighted by Gasteiger charge is 2.34. The zero-order chi connectivity index (χ0) is 20.0. The summed E-state index contributed by atoms with van der Waals surface area (Å²) in [4.78, 5) is 25.6. The first kappa shape index (κ1) is 21.5. The molecule has 5 nitrogen and oxygen atoms in total. The minimum absolute atomic E-state index is 0.0639. The van der Waals surface area contributed by atoms with Gasteiger partial charge in [-0.15, -0.1) is 0 Å². The number of hydrogen-bond acceptors (Lipinski definition) is 4. The Hall–Kier alpha value is -1.80. The van der Waals surface area contributed by atoms with Crippen LogP contribution in [-0.4, -0.2) is 43.0 Å². The Morgan fingerprint density at radius 1 is 1.30 bits per heavy atom. The number of methoxy groups -OCH3 is 1. The van der Waals surface area contributed by atoms with E-state index in [1.54, 1.807) is 0 Å². The Bertz CT molecular complexity index is 676. The summed E-state index contributed by atoms with van der Waals surface area (Å²) in [6, 6.07) is 3.34. The number of ether oxygens (including phenoxy) is 1. The molecule has 2 rings (SSSR count). The van der Waals surface area contributed by atoms with Gasteiger partial charge in [-0.2, -0.15) is 13.2 Å². The maximum atomic E-state index is 13.2. The topological polar surface area (TPSA) is 58.6 Å². The summed E-state index contributed by atoms with van der Waals surface area (Å²) in [7, 11) is 1.29. The lowest BCUT2D eigenvalue weighted by molar-refractivity contribution is -0.141. The predicted molar refractivity (Wildman–Crippen MR) is 95.5 cm³/mol. The van der Waals surface area contributed by atoms with E-state index in [4.69, 9.17) is 11.6 Å². The third-order valence-corrected chi connectivity index (χ3v) is 4.81. The van der Waals surface area contributed by atoms with Gasteiger partial charge in [0.2, 0.25) is 5.91 Å². The van der Waals surface area contributed by atoms with Crippen molar-refractivity contribution < 1.29 is 27.5 Å². The quantitative estimate of drug-likeness (QED) is 0.692. The number of carbonyl (C=O) groups excluding carboxylic acids is 2. The lowest BCUT2D eigenvalue weighted by Gasteiger charge is -2.28. The molecule has 0 atom stereocenters. The van der Waals surface area contributed by atoms with Gasteiger partial charge >= 0.3 is 12.1 Å². The van der Waals surface area contributed by atoms with E-state index in [-0.39, 0.29) is 29.7 Å².